The lowest BCUT2D eigenvalue weighted by molar-refractivity contribution is -0.136. The highest BCUT2D eigenvalue weighted by Crippen LogP contribution is 2.39. The summed E-state index contributed by atoms with van der Waals surface area (Å²) in [6.07, 6.45) is 4.13. The smallest absolute Gasteiger partial charge is 0.327 e. The summed E-state index contributed by atoms with van der Waals surface area (Å²) in [6.45, 7) is 11.3. The number of benzene rings is 1. The van der Waals surface area contributed by atoms with Gasteiger partial charge >= 0.3 is 6.03 Å². The number of hydrogen-bond donors (Lipinski definition) is 0. The summed E-state index contributed by atoms with van der Waals surface area (Å²) >= 11 is 0. The van der Waals surface area contributed by atoms with Crippen molar-refractivity contribution in [2.45, 2.75) is 64.1 Å². The predicted octanol–water partition coefficient (Wildman–Crippen LogP) is 4.08. The highest BCUT2D eigenvalue weighted by Gasteiger charge is 2.57. The lowest BCUT2D eigenvalue weighted by Crippen LogP contribution is -2.57. The van der Waals surface area contributed by atoms with Gasteiger partial charge in [-0.3, -0.25) is 9.69 Å². The standard InChI is InChI=1S/C26H39N3O4/c1-20(2)7-8-21(3)27-16-13-26(14-17-27)24(30)28(25(31)29(26)15-6-18-32-4)19-22-9-11-23(33-5)12-10-22/h9-12,21H,1,6-8,13-19H2,2-5H3/t21-/m0/s1. The number of hydrogen-bond acceptors (Lipinski definition) is 5. The predicted molar refractivity (Wildman–Crippen MR) is 129 cm³/mol. The zero-order chi connectivity index (χ0) is 24.0. The third kappa shape index (κ3) is 5.58. The van der Waals surface area contributed by atoms with E-state index in [1.54, 1.807) is 14.2 Å². The van der Waals surface area contributed by atoms with Crippen LogP contribution in [0.5, 0.6) is 5.75 Å². The van der Waals surface area contributed by atoms with Crippen LogP contribution in [0, 0.1) is 0 Å². The maximum atomic E-state index is 13.7. The van der Waals surface area contributed by atoms with Crippen LogP contribution < -0.4 is 4.74 Å². The SMILES string of the molecule is C=C(C)CC[C@H](C)N1CCC2(CC1)C(=O)N(Cc1ccc(OC)cc1)C(=O)N2CCCOC. The van der Waals surface area contributed by atoms with Crippen molar-refractivity contribution in [2.75, 3.05) is 40.5 Å². The minimum Gasteiger partial charge on any atom is -0.497 e. The fraction of sp³-hybridized carbons (Fsp3) is 0.615. The molecular weight excluding hydrogens is 418 g/mol. The molecule has 0 radical (unpaired) electrons. The molecule has 0 unspecified atom stereocenters. The van der Waals surface area contributed by atoms with Crippen molar-refractivity contribution in [3.8, 4) is 5.75 Å². The van der Waals surface area contributed by atoms with Crippen LogP contribution in [-0.4, -0.2) is 78.7 Å². The second-order valence-corrected chi connectivity index (χ2v) is 9.43. The van der Waals surface area contributed by atoms with Crippen molar-refractivity contribution in [3.05, 3.63) is 42.0 Å². The average molecular weight is 458 g/mol. The number of methoxy groups -OCH3 is 2. The molecule has 3 amide bonds. The van der Waals surface area contributed by atoms with Crippen molar-refractivity contribution in [2.24, 2.45) is 0 Å². The third-order valence-corrected chi connectivity index (χ3v) is 7.09. The number of nitrogens with zero attached hydrogens (tertiary/aromatic N) is 3. The molecule has 0 aliphatic carbocycles. The van der Waals surface area contributed by atoms with E-state index < -0.39 is 5.54 Å². The highest BCUT2D eigenvalue weighted by atomic mass is 16.5. The normalized spacial score (nSPS) is 19.4. The molecule has 0 bridgehead atoms. The van der Waals surface area contributed by atoms with Crippen LogP contribution in [-0.2, 0) is 16.1 Å². The first kappa shape index (κ1) is 25.2. The molecule has 0 N–H and O–H groups in total. The maximum Gasteiger partial charge on any atom is 0.327 e. The second-order valence-electron chi connectivity index (χ2n) is 9.43. The summed E-state index contributed by atoms with van der Waals surface area (Å²) in [6, 6.07) is 7.78. The Balaban J connectivity index is 1.75. The number of likely N-dealkylation sites (tertiary alicyclic amines) is 1. The molecule has 0 aromatic heterocycles. The number of allylic oxidation sites excluding steroid dienone is 1. The molecule has 1 aromatic rings. The monoisotopic (exact) mass is 457 g/mol. The van der Waals surface area contributed by atoms with Crippen LogP contribution in [0.4, 0.5) is 4.79 Å². The van der Waals surface area contributed by atoms with Crippen molar-refractivity contribution >= 4 is 11.9 Å². The van der Waals surface area contributed by atoms with E-state index in [-0.39, 0.29) is 18.5 Å². The van der Waals surface area contributed by atoms with Crippen molar-refractivity contribution in [1.82, 2.24) is 14.7 Å². The van der Waals surface area contributed by atoms with Gasteiger partial charge in [0.2, 0.25) is 0 Å². The fourth-order valence-electron chi connectivity index (χ4n) is 4.97. The zero-order valence-corrected chi connectivity index (χ0v) is 20.6. The summed E-state index contributed by atoms with van der Waals surface area (Å²) in [5.41, 5.74) is 1.37. The van der Waals surface area contributed by atoms with E-state index in [4.69, 9.17) is 9.47 Å². The Labute approximate surface area is 198 Å². The Hall–Kier alpha value is -2.38. The van der Waals surface area contributed by atoms with Crippen LogP contribution in [0.2, 0.25) is 0 Å². The van der Waals surface area contributed by atoms with Crippen LogP contribution in [0.25, 0.3) is 0 Å². The Morgan fingerprint density at radius 2 is 1.82 bits per heavy atom. The Bertz CT molecular complexity index is 830. The molecule has 1 aromatic carbocycles. The molecule has 2 heterocycles. The minimum absolute atomic E-state index is 0.0602. The van der Waals surface area contributed by atoms with Crippen molar-refractivity contribution in [3.63, 3.8) is 0 Å². The van der Waals surface area contributed by atoms with Gasteiger partial charge in [-0.2, -0.15) is 0 Å². The molecule has 2 aliphatic heterocycles. The van der Waals surface area contributed by atoms with Gasteiger partial charge < -0.3 is 19.3 Å². The van der Waals surface area contributed by atoms with Gasteiger partial charge in [-0.05, 0) is 63.6 Å². The second kappa shape index (κ2) is 11.2. The molecule has 2 saturated heterocycles. The summed E-state index contributed by atoms with van der Waals surface area (Å²) in [5, 5.41) is 0. The Morgan fingerprint density at radius 3 is 2.39 bits per heavy atom. The molecule has 2 aliphatic rings. The van der Waals surface area contributed by atoms with Gasteiger partial charge in [-0.15, -0.1) is 6.58 Å². The molecule has 2 fully saturated rings. The van der Waals surface area contributed by atoms with Gasteiger partial charge in [0.15, 0.2) is 0 Å². The summed E-state index contributed by atoms with van der Waals surface area (Å²) < 4.78 is 10.4. The first-order valence-electron chi connectivity index (χ1n) is 12.0. The van der Waals surface area contributed by atoms with Crippen LogP contribution in [0.3, 0.4) is 0 Å². The van der Waals surface area contributed by atoms with Crippen molar-refractivity contribution < 1.29 is 19.1 Å². The molecule has 182 valence electrons. The molecule has 1 spiro atoms. The molecular formula is C26H39N3O4. The average Bonchev–Trinajstić information content (AvgIpc) is 3.00. The molecule has 7 nitrogen and oxygen atoms in total. The number of ether oxygens (including phenoxy) is 2. The van der Waals surface area contributed by atoms with Crippen molar-refractivity contribution in [1.29, 1.82) is 0 Å². The van der Waals surface area contributed by atoms with E-state index in [2.05, 4.69) is 25.3 Å². The molecule has 1 atom stereocenters. The van der Waals surface area contributed by atoms with Gasteiger partial charge in [0.05, 0.1) is 13.7 Å². The third-order valence-electron chi connectivity index (χ3n) is 7.09. The number of amides is 3. The largest absolute Gasteiger partial charge is 0.497 e. The minimum atomic E-state index is -0.748. The zero-order valence-electron chi connectivity index (χ0n) is 20.6. The Morgan fingerprint density at radius 1 is 1.15 bits per heavy atom. The molecule has 3 rings (SSSR count). The number of rotatable bonds is 11. The van der Waals surface area contributed by atoms with Gasteiger partial charge in [-0.25, -0.2) is 4.79 Å². The summed E-state index contributed by atoms with van der Waals surface area (Å²) in [4.78, 5) is 32.9. The molecule has 0 saturated carbocycles. The highest BCUT2D eigenvalue weighted by molar-refractivity contribution is 6.07. The van der Waals surface area contributed by atoms with Gasteiger partial charge in [-0.1, -0.05) is 17.7 Å². The van der Waals surface area contributed by atoms with E-state index in [0.717, 1.165) is 37.2 Å². The summed E-state index contributed by atoms with van der Waals surface area (Å²) in [7, 11) is 3.28. The number of carbonyl (C=O) groups excluding carboxylic acids is 2. The van der Waals surface area contributed by atoms with Gasteiger partial charge in [0, 0.05) is 39.4 Å². The number of imide groups is 1. The number of urea groups is 1. The number of piperidine rings is 1. The lowest BCUT2D eigenvalue weighted by atomic mass is 9.85. The lowest BCUT2D eigenvalue weighted by Gasteiger charge is -2.44. The van der Waals surface area contributed by atoms with Gasteiger partial charge in [0.1, 0.15) is 11.3 Å². The van der Waals surface area contributed by atoms with Crippen LogP contribution >= 0.6 is 0 Å². The topological polar surface area (TPSA) is 62.3 Å². The maximum absolute atomic E-state index is 13.7. The Kier molecular flexibility index (Phi) is 8.54. The van der Waals surface area contributed by atoms with Crippen LogP contribution in [0.1, 0.15) is 51.5 Å². The van der Waals surface area contributed by atoms with E-state index in [1.807, 2.05) is 29.2 Å². The quantitative estimate of drug-likeness (QED) is 0.285. The first-order valence-corrected chi connectivity index (χ1v) is 12.0. The van der Waals surface area contributed by atoms with E-state index >= 15 is 0 Å². The van der Waals surface area contributed by atoms with E-state index in [1.165, 1.54) is 10.5 Å². The van der Waals surface area contributed by atoms with E-state index in [9.17, 15) is 9.59 Å². The summed E-state index contributed by atoms with van der Waals surface area (Å²) in [5.74, 6) is 0.693. The number of carbonyl (C=O) groups is 2. The molecule has 7 heteroatoms. The first-order chi connectivity index (χ1) is 15.8. The fourth-order valence-corrected chi connectivity index (χ4v) is 4.97. The van der Waals surface area contributed by atoms with Gasteiger partial charge in [0.25, 0.3) is 5.91 Å². The van der Waals surface area contributed by atoms with Crippen LogP contribution in [0.15, 0.2) is 36.4 Å². The molecule has 33 heavy (non-hydrogen) atoms. The van der Waals surface area contributed by atoms with E-state index in [0.29, 0.717) is 38.5 Å².